The SMILES string of the molecule is C[C@@]1(F)[C@H](O)[C@@H](CO)O[C@H]1n1cnc2c(Cl)ncnc21. The quantitative estimate of drug-likeness (QED) is 0.783. The molecule has 0 saturated carbocycles. The standard InChI is InChI=1S/C11H12ClFN4O3/c1-11(13)7(19)5(2-18)20-10(11)17-4-16-6-8(12)14-3-15-9(6)17/h3-5,7,10,18-19H,2H2,1H3/t5-,7-,10-,11-/m1/s1. The molecule has 1 aliphatic rings. The highest BCUT2D eigenvalue weighted by Crippen LogP contribution is 2.42. The smallest absolute Gasteiger partial charge is 0.181 e. The molecule has 1 aliphatic heterocycles. The van der Waals surface area contributed by atoms with Gasteiger partial charge in [0.1, 0.15) is 24.1 Å². The van der Waals surface area contributed by atoms with Crippen LogP contribution in [-0.2, 0) is 4.74 Å². The molecule has 108 valence electrons. The molecule has 3 rings (SSSR count). The van der Waals surface area contributed by atoms with Gasteiger partial charge < -0.3 is 14.9 Å². The van der Waals surface area contributed by atoms with E-state index in [0.717, 1.165) is 0 Å². The molecule has 2 aromatic rings. The number of ether oxygens (including phenoxy) is 1. The molecule has 0 unspecified atom stereocenters. The maximum absolute atomic E-state index is 14.7. The maximum atomic E-state index is 14.7. The fourth-order valence-corrected chi connectivity index (χ4v) is 2.53. The lowest BCUT2D eigenvalue weighted by molar-refractivity contribution is -0.0566. The van der Waals surface area contributed by atoms with Gasteiger partial charge in [0.15, 0.2) is 22.7 Å². The van der Waals surface area contributed by atoms with E-state index in [1.54, 1.807) is 0 Å². The molecule has 0 aliphatic carbocycles. The van der Waals surface area contributed by atoms with Crippen molar-refractivity contribution in [1.29, 1.82) is 0 Å². The summed E-state index contributed by atoms with van der Waals surface area (Å²) in [5.41, 5.74) is -1.49. The van der Waals surface area contributed by atoms with Crippen LogP contribution in [0.4, 0.5) is 4.39 Å². The van der Waals surface area contributed by atoms with Crippen LogP contribution in [0.15, 0.2) is 12.7 Å². The molecule has 1 saturated heterocycles. The second-order valence-corrected chi connectivity index (χ2v) is 5.15. The van der Waals surface area contributed by atoms with Crippen LogP contribution >= 0.6 is 11.6 Å². The Morgan fingerprint density at radius 2 is 2.25 bits per heavy atom. The van der Waals surface area contributed by atoms with Gasteiger partial charge in [-0.05, 0) is 6.92 Å². The Hall–Kier alpha value is -1.35. The number of aliphatic hydroxyl groups is 2. The highest BCUT2D eigenvalue weighted by molar-refractivity contribution is 6.33. The van der Waals surface area contributed by atoms with E-state index in [-0.39, 0.29) is 5.15 Å². The summed E-state index contributed by atoms with van der Waals surface area (Å²) in [5.74, 6) is 0. The fraction of sp³-hybridized carbons (Fsp3) is 0.545. The van der Waals surface area contributed by atoms with Gasteiger partial charge in [-0.25, -0.2) is 19.3 Å². The molecule has 0 radical (unpaired) electrons. The third-order valence-electron chi connectivity index (χ3n) is 3.46. The van der Waals surface area contributed by atoms with E-state index in [2.05, 4.69) is 15.0 Å². The van der Waals surface area contributed by atoms with Gasteiger partial charge >= 0.3 is 0 Å². The Balaban J connectivity index is 2.10. The summed E-state index contributed by atoms with van der Waals surface area (Å²) in [7, 11) is 0. The Bertz CT molecular complexity index is 650. The van der Waals surface area contributed by atoms with E-state index in [1.807, 2.05) is 0 Å². The molecule has 0 amide bonds. The highest BCUT2D eigenvalue weighted by Gasteiger charge is 2.55. The van der Waals surface area contributed by atoms with Crippen LogP contribution in [0, 0.1) is 0 Å². The largest absolute Gasteiger partial charge is 0.394 e. The van der Waals surface area contributed by atoms with Gasteiger partial charge in [-0.2, -0.15) is 0 Å². The number of halogens is 2. The number of hydrogen-bond donors (Lipinski definition) is 2. The Kier molecular flexibility index (Phi) is 3.13. The van der Waals surface area contributed by atoms with E-state index in [0.29, 0.717) is 11.2 Å². The van der Waals surface area contributed by atoms with Crippen molar-refractivity contribution in [3.63, 3.8) is 0 Å². The number of rotatable bonds is 2. The van der Waals surface area contributed by atoms with Crippen LogP contribution in [0.3, 0.4) is 0 Å². The monoisotopic (exact) mass is 302 g/mol. The normalized spacial score (nSPS) is 34.0. The zero-order valence-electron chi connectivity index (χ0n) is 10.4. The van der Waals surface area contributed by atoms with Crippen molar-refractivity contribution in [1.82, 2.24) is 19.5 Å². The number of nitrogens with zero attached hydrogens (tertiary/aromatic N) is 4. The van der Waals surface area contributed by atoms with E-state index in [4.69, 9.17) is 21.4 Å². The third kappa shape index (κ3) is 1.80. The number of imidazole rings is 1. The van der Waals surface area contributed by atoms with E-state index < -0.39 is 30.7 Å². The summed E-state index contributed by atoms with van der Waals surface area (Å²) in [6, 6.07) is 0. The fourth-order valence-electron chi connectivity index (χ4n) is 2.36. The first kappa shape index (κ1) is 13.6. The number of aromatic nitrogens is 4. The first-order chi connectivity index (χ1) is 9.46. The van der Waals surface area contributed by atoms with Crippen molar-refractivity contribution >= 4 is 22.8 Å². The molecule has 1 fully saturated rings. The third-order valence-corrected chi connectivity index (χ3v) is 3.74. The molecule has 0 bridgehead atoms. The molecule has 20 heavy (non-hydrogen) atoms. The lowest BCUT2D eigenvalue weighted by Gasteiger charge is -2.24. The van der Waals surface area contributed by atoms with Crippen LogP contribution in [0.5, 0.6) is 0 Å². The topological polar surface area (TPSA) is 93.3 Å². The number of fused-ring (bicyclic) bond motifs is 1. The first-order valence-corrected chi connectivity index (χ1v) is 6.31. The lowest BCUT2D eigenvalue weighted by atomic mass is 9.99. The van der Waals surface area contributed by atoms with Crippen molar-refractivity contribution < 1.29 is 19.3 Å². The van der Waals surface area contributed by atoms with Crippen LogP contribution in [0.2, 0.25) is 5.15 Å². The van der Waals surface area contributed by atoms with Gasteiger partial charge in [-0.3, -0.25) is 4.57 Å². The van der Waals surface area contributed by atoms with Crippen LogP contribution < -0.4 is 0 Å². The molecule has 7 nitrogen and oxygen atoms in total. The number of alkyl halides is 1. The minimum Gasteiger partial charge on any atom is -0.394 e. The predicted molar refractivity (Wildman–Crippen MR) is 66.8 cm³/mol. The van der Waals surface area contributed by atoms with Gasteiger partial charge in [-0.15, -0.1) is 0 Å². The number of hydrogen-bond acceptors (Lipinski definition) is 6. The highest BCUT2D eigenvalue weighted by atomic mass is 35.5. The summed E-state index contributed by atoms with van der Waals surface area (Å²) >= 11 is 5.88. The van der Waals surface area contributed by atoms with Crippen LogP contribution in [-0.4, -0.2) is 54.2 Å². The molecule has 9 heteroatoms. The second kappa shape index (κ2) is 4.59. The molecular weight excluding hydrogens is 291 g/mol. The van der Waals surface area contributed by atoms with Gasteiger partial charge in [-0.1, -0.05) is 11.6 Å². The molecule has 0 spiro atoms. The average Bonchev–Trinajstić information content (AvgIpc) is 2.92. The minimum atomic E-state index is -2.10. The summed E-state index contributed by atoms with van der Waals surface area (Å²) in [4.78, 5) is 11.8. The average molecular weight is 303 g/mol. The molecule has 0 aromatic carbocycles. The van der Waals surface area contributed by atoms with Crippen molar-refractivity contribution in [3.8, 4) is 0 Å². The van der Waals surface area contributed by atoms with Crippen molar-refractivity contribution in [2.24, 2.45) is 0 Å². The zero-order chi connectivity index (χ0) is 14.5. The number of aliphatic hydroxyl groups excluding tert-OH is 2. The Morgan fingerprint density at radius 3 is 2.90 bits per heavy atom. The summed E-state index contributed by atoms with van der Waals surface area (Å²) < 4.78 is 21.4. The summed E-state index contributed by atoms with van der Waals surface area (Å²) in [6.07, 6.45) is -1.07. The zero-order valence-corrected chi connectivity index (χ0v) is 11.2. The second-order valence-electron chi connectivity index (χ2n) is 4.79. The predicted octanol–water partition coefficient (Wildman–Crippen LogP) is 0.458. The van der Waals surface area contributed by atoms with Crippen molar-refractivity contribution in [2.75, 3.05) is 6.61 Å². The summed E-state index contributed by atoms with van der Waals surface area (Å²) in [6.45, 7) is 0.714. The van der Waals surface area contributed by atoms with E-state index in [9.17, 15) is 9.50 Å². The van der Waals surface area contributed by atoms with Gasteiger partial charge in [0.2, 0.25) is 0 Å². The first-order valence-electron chi connectivity index (χ1n) is 5.93. The minimum absolute atomic E-state index is 0.145. The van der Waals surface area contributed by atoms with Crippen molar-refractivity contribution in [2.45, 2.75) is 31.0 Å². The van der Waals surface area contributed by atoms with Crippen LogP contribution in [0.25, 0.3) is 11.2 Å². The van der Waals surface area contributed by atoms with Crippen LogP contribution in [0.1, 0.15) is 13.2 Å². The Labute approximate surface area is 118 Å². The molecular formula is C11H12ClFN4O3. The molecule has 2 aromatic heterocycles. The van der Waals surface area contributed by atoms with Crippen molar-refractivity contribution in [3.05, 3.63) is 17.8 Å². The Morgan fingerprint density at radius 1 is 1.50 bits per heavy atom. The lowest BCUT2D eigenvalue weighted by Crippen LogP contribution is -2.40. The molecule has 2 N–H and O–H groups in total. The molecule has 4 atom stereocenters. The van der Waals surface area contributed by atoms with E-state index >= 15 is 0 Å². The molecule has 3 heterocycles. The van der Waals surface area contributed by atoms with E-state index in [1.165, 1.54) is 24.1 Å². The summed E-state index contributed by atoms with van der Waals surface area (Å²) in [5, 5.41) is 19.1. The van der Waals surface area contributed by atoms with Gasteiger partial charge in [0.25, 0.3) is 0 Å². The maximum Gasteiger partial charge on any atom is 0.181 e. The van der Waals surface area contributed by atoms with Gasteiger partial charge in [0, 0.05) is 0 Å². The van der Waals surface area contributed by atoms with Gasteiger partial charge in [0.05, 0.1) is 12.9 Å².